The van der Waals surface area contributed by atoms with Crippen LogP contribution in [0.25, 0.3) is 11.0 Å². The van der Waals surface area contributed by atoms with Crippen molar-refractivity contribution in [3.8, 4) is 0 Å². The van der Waals surface area contributed by atoms with E-state index in [1.54, 1.807) is 38.1 Å². The number of carbonyl (C=O) groups is 2. The standard InChI is InChI=1S/C28H27F4N5O2/c1-4-27(2,3)33-26(39)25(20-12-5-6-13-21(20)29)37(19-11-9-10-18(16-19)28(30,31)32)24(38)17-36-23-15-8-7-14-22(23)34-35-36/h5-16,25H,4,17H2,1-3H3,(H,33,39)/t25-/m0/s1. The van der Waals surface area contributed by atoms with Crippen molar-refractivity contribution in [3.05, 3.63) is 89.7 Å². The minimum atomic E-state index is -4.72. The molecule has 0 bridgehead atoms. The van der Waals surface area contributed by atoms with E-state index in [-0.39, 0.29) is 11.3 Å². The number of amides is 2. The zero-order valence-corrected chi connectivity index (χ0v) is 21.5. The Balaban J connectivity index is 1.89. The lowest BCUT2D eigenvalue weighted by Gasteiger charge is -2.35. The van der Waals surface area contributed by atoms with Gasteiger partial charge in [0.1, 0.15) is 23.9 Å². The Bertz CT molecular complexity index is 1500. The van der Waals surface area contributed by atoms with Gasteiger partial charge in [0.2, 0.25) is 11.8 Å². The van der Waals surface area contributed by atoms with Crippen molar-refractivity contribution in [1.82, 2.24) is 20.3 Å². The summed E-state index contributed by atoms with van der Waals surface area (Å²) < 4.78 is 57.5. The van der Waals surface area contributed by atoms with E-state index in [2.05, 4.69) is 15.6 Å². The number of nitrogens with one attached hydrogen (secondary N) is 1. The van der Waals surface area contributed by atoms with Crippen molar-refractivity contribution in [3.63, 3.8) is 0 Å². The fourth-order valence-electron chi connectivity index (χ4n) is 4.09. The van der Waals surface area contributed by atoms with E-state index in [0.29, 0.717) is 17.5 Å². The molecule has 0 saturated carbocycles. The van der Waals surface area contributed by atoms with Crippen LogP contribution in [0.3, 0.4) is 0 Å². The lowest BCUT2D eigenvalue weighted by Crippen LogP contribution is -2.51. The minimum absolute atomic E-state index is 0.170. The fraction of sp³-hybridized carbons (Fsp3) is 0.286. The number of hydrogen-bond donors (Lipinski definition) is 1. The molecule has 0 radical (unpaired) electrons. The number of aromatic nitrogens is 3. The zero-order chi connectivity index (χ0) is 28.4. The maximum Gasteiger partial charge on any atom is 0.416 e. The maximum absolute atomic E-state index is 15.2. The van der Waals surface area contributed by atoms with Crippen LogP contribution < -0.4 is 10.2 Å². The number of para-hydroxylation sites is 1. The Morgan fingerprint density at radius 1 is 1.00 bits per heavy atom. The second-order valence-electron chi connectivity index (χ2n) is 9.70. The van der Waals surface area contributed by atoms with E-state index in [9.17, 15) is 22.8 Å². The summed E-state index contributed by atoms with van der Waals surface area (Å²) in [6.45, 7) is 4.87. The third-order valence-corrected chi connectivity index (χ3v) is 6.48. The Hall–Kier alpha value is -4.28. The Morgan fingerprint density at radius 2 is 1.69 bits per heavy atom. The second kappa shape index (κ2) is 10.8. The lowest BCUT2D eigenvalue weighted by molar-refractivity contribution is -0.137. The Kier molecular flexibility index (Phi) is 7.71. The highest BCUT2D eigenvalue weighted by atomic mass is 19.4. The van der Waals surface area contributed by atoms with Crippen LogP contribution >= 0.6 is 0 Å². The Morgan fingerprint density at radius 3 is 2.38 bits per heavy atom. The molecule has 4 aromatic rings. The van der Waals surface area contributed by atoms with Crippen molar-refractivity contribution in [2.24, 2.45) is 0 Å². The molecule has 1 heterocycles. The smallest absolute Gasteiger partial charge is 0.349 e. The quantitative estimate of drug-likeness (QED) is 0.292. The molecular formula is C28H27F4N5O2. The molecule has 0 aliphatic rings. The average molecular weight is 542 g/mol. The molecule has 0 unspecified atom stereocenters. The third-order valence-electron chi connectivity index (χ3n) is 6.48. The molecular weight excluding hydrogens is 514 g/mol. The molecule has 204 valence electrons. The van der Waals surface area contributed by atoms with Gasteiger partial charge < -0.3 is 5.32 Å². The van der Waals surface area contributed by atoms with Gasteiger partial charge in [0.05, 0.1) is 11.1 Å². The van der Waals surface area contributed by atoms with Crippen LogP contribution in [0.5, 0.6) is 0 Å². The van der Waals surface area contributed by atoms with Crippen LogP contribution in [0.15, 0.2) is 72.8 Å². The van der Waals surface area contributed by atoms with Crippen LogP contribution in [-0.2, 0) is 22.3 Å². The molecule has 39 heavy (non-hydrogen) atoms. The van der Waals surface area contributed by atoms with E-state index in [4.69, 9.17) is 0 Å². The molecule has 7 nitrogen and oxygen atoms in total. The minimum Gasteiger partial charge on any atom is -0.349 e. The van der Waals surface area contributed by atoms with Gasteiger partial charge in [0.25, 0.3) is 0 Å². The predicted octanol–water partition coefficient (Wildman–Crippen LogP) is 5.67. The first kappa shape index (κ1) is 27.7. The van der Waals surface area contributed by atoms with E-state index in [0.717, 1.165) is 29.2 Å². The number of halogens is 4. The molecule has 0 spiro atoms. The molecule has 11 heteroatoms. The van der Waals surface area contributed by atoms with E-state index < -0.39 is 47.5 Å². The van der Waals surface area contributed by atoms with Crippen LogP contribution in [0, 0.1) is 5.82 Å². The summed E-state index contributed by atoms with van der Waals surface area (Å²) in [6, 6.07) is 14.6. The van der Waals surface area contributed by atoms with Crippen molar-refractivity contribution in [1.29, 1.82) is 0 Å². The van der Waals surface area contributed by atoms with E-state index in [1.807, 2.05) is 6.92 Å². The first-order valence-corrected chi connectivity index (χ1v) is 12.3. The van der Waals surface area contributed by atoms with Crippen molar-refractivity contribution < 1.29 is 27.2 Å². The van der Waals surface area contributed by atoms with Gasteiger partial charge in [0, 0.05) is 16.8 Å². The van der Waals surface area contributed by atoms with Gasteiger partial charge in [-0.3, -0.25) is 14.5 Å². The number of carbonyl (C=O) groups excluding carboxylic acids is 2. The highest BCUT2D eigenvalue weighted by molar-refractivity contribution is 6.01. The molecule has 0 aliphatic carbocycles. The molecule has 1 N–H and O–H groups in total. The van der Waals surface area contributed by atoms with Crippen LogP contribution in [-0.4, -0.2) is 32.3 Å². The normalized spacial score (nSPS) is 12.8. The second-order valence-corrected chi connectivity index (χ2v) is 9.70. The van der Waals surface area contributed by atoms with Gasteiger partial charge in [-0.05, 0) is 56.7 Å². The predicted molar refractivity (Wildman–Crippen MR) is 138 cm³/mol. The number of anilines is 1. The first-order valence-electron chi connectivity index (χ1n) is 12.3. The Labute approximate surface area is 222 Å². The molecule has 4 rings (SSSR count). The summed E-state index contributed by atoms with van der Waals surface area (Å²) in [5, 5.41) is 10.8. The number of rotatable bonds is 8. The SMILES string of the molecule is CCC(C)(C)NC(=O)[C@H](c1ccccc1F)N(C(=O)Cn1nnc2ccccc21)c1cccc(C(F)(F)F)c1. The number of hydrogen-bond acceptors (Lipinski definition) is 4. The van der Waals surface area contributed by atoms with Crippen LogP contribution in [0.2, 0.25) is 0 Å². The summed E-state index contributed by atoms with van der Waals surface area (Å²) in [5.41, 5.74) is -1.15. The number of benzene rings is 3. The summed E-state index contributed by atoms with van der Waals surface area (Å²) in [4.78, 5) is 28.6. The van der Waals surface area contributed by atoms with Gasteiger partial charge in [-0.2, -0.15) is 13.2 Å². The zero-order valence-electron chi connectivity index (χ0n) is 21.5. The summed E-state index contributed by atoms with van der Waals surface area (Å²) in [6.07, 6.45) is -4.21. The molecule has 0 aliphatic heterocycles. The van der Waals surface area contributed by atoms with Crippen molar-refractivity contribution >= 4 is 28.5 Å². The maximum atomic E-state index is 15.2. The largest absolute Gasteiger partial charge is 0.416 e. The van der Waals surface area contributed by atoms with E-state index >= 15 is 4.39 Å². The highest BCUT2D eigenvalue weighted by Crippen LogP contribution is 2.35. The van der Waals surface area contributed by atoms with Gasteiger partial charge in [-0.25, -0.2) is 9.07 Å². The lowest BCUT2D eigenvalue weighted by atomic mass is 9.97. The topological polar surface area (TPSA) is 80.1 Å². The van der Waals surface area contributed by atoms with Crippen molar-refractivity contribution in [2.75, 3.05) is 4.90 Å². The highest BCUT2D eigenvalue weighted by Gasteiger charge is 2.38. The number of fused-ring (bicyclic) bond motifs is 1. The third kappa shape index (κ3) is 6.08. The first-order chi connectivity index (χ1) is 18.4. The molecule has 2 amide bonds. The molecule has 3 aromatic carbocycles. The van der Waals surface area contributed by atoms with Gasteiger partial charge in [0.15, 0.2) is 0 Å². The number of nitrogens with zero attached hydrogens (tertiary/aromatic N) is 4. The van der Waals surface area contributed by atoms with E-state index in [1.165, 1.54) is 28.9 Å². The van der Waals surface area contributed by atoms with Crippen LogP contribution in [0.4, 0.5) is 23.2 Å². The average Bonchev–Trinajstić information content (AvgIpc) is 3.29. The van der Waals surface area contributed by atoms with Gasteiger partial charge >= 0.3 is 6.18 Å². The molecule has 1 atom stereocenters. The number of alkyl halides is 3. The summed E-state index contributed by atoms with van der Waals surface area (Å²) in [7, 11) is 0. The summed E-state index contributed by atoms with van der Waals surface area (Å²) >= 11 is 0. The molecule has 0 saturated heterocycles. The molecule has 0 fully saturated rings. The monoisotopic (exact) mass is 541 g/mol. The van der Waals surface area contributed by atoms with Crippen molar-refractivity contribution in [2.45, 2.75) is 51.5 Å². The summed E-state index contributed by atoms with van der Waals surface area (Å²) in [5.74, 6) is -2.33. The fourth-order valence-corrected chi connectivity index (χ4v) is 4.09. The van der Waals surface area contributed by atoms with Crippen LogP contribution in [0.1, 0.15) is 44.4 Å². The molecule has 1 aromatic heterocycles. The van der Waals surface area contributed by atoms with Gasteiger partial charge in [-0.1, -0.05) is 48.5 Å². The van der Waals surface area contributed by atoms with Gasteiger partial charge in [-0.15, -0.1) is 5.10 Å².